The largest absolute Gasteiger partial charge is 0.370 e. The summed E-state index contributed by atoms with van der Waals surface area (Å²) in [7, 11) is 5.82. The van der Waals surface area contributed by atoms with Crippen LogP contribution in [0.1, 0.15) is 194 Å². The van der Waals surface area contributed by atoms with Gasteiger partial charge < -0.3 is 9.59 Å². The Morgan fingerprint density at radius 1 is 0.467 bits per heavy atom. The highest BCUT2D eigenvalue weighted by Crippen LogP contribution is 2.21. The fourth-order valence-electron chi connectivity index (χ4n) is 6.14. The molecule has 0 saturated carbocycles. The summed E-state index contributed by atoms with van der Waals surface area (Å²) in [5.74, 6) is -0.545. The maximum atomic E-state index is 13.2. The van der Waals surface area contributed by atoms with E-state index in [1.165, 1.54) is 116 Å². The van der Waals surface area contributed by atoms with Crippen LogP contribution in [0, 0.1) is 0 Å². The second-order valence-electron chi connectivity index (χ2n) is 14.8. The molecule has 0 saturated heterocycles. The molecule has 0 radical (unpaired) electrons. The molecule has 0 amide bonds. The Hall–Kier alpha value is -1.26. The number of carbonyl (C=O) groups is 2. The lowest BCUT2D eigenvalue weighted by atomic mass is 9.86. The Labute approximate surface area is 281 Å². The molecule has 0 atom stereocenters. The van der Waals surface area contributed by atoms with Crippen molar-refractivity contribution in [3.05, 3.63) is 24.3 Å². The maximum Gasteiger partial charge on any atom is 0.230 e. The van der Waals surface area contributed by atoms with Gasteiger partial charge in [0.1, 0.15) is 6.54 Å². The lowest BCUT2D eigenvalue weighted by molar-refractivity contribution is -0.874. The molecule has 0 unspecified atom stereocenters. The molecule has 0 aliphatic carbocycles. The van der Waals surface area contributed by atoms with E-state index in [2.05, 4.69) is 38.2 Å². The molecule has 0 aromatic carbocycles. The summed E-state index contributed by atoms with van der Waals surface area (Å²) in [4.78, 5) is 26.4. The van der Waals surface area contributed by atoms with Crippen LogP contribution < -0.4 is 0 Å². The third-order valence-electron chi connectivity index (χ3n) is 8.96. The molecule has 4 heteroatoms. The van der Waals surface area contributed by atoms with Gasteiger partial charge in [-0.2, -0.15) is 0 Å². The molecule has 0 aromatic rings. The van der Waals surface area contributed by atoms with Gasteiger partial charge in [-0.25, -0.2) is 0 Å². The molecule has 264 valence electrons. The summed E-state index contributed by atoms with van der Waals surface area (Å²) in [6.45, 7) is 4.68. The van der Waals surface area contributed by atoms with Gasteiger partial charge >= 0.3 is 0 Å². The van der Waals surface area contributed by atoms with E-state index < -0.39 is 5.60 Å². The van der Waals surface area contributed by atoms with E-state index in [9.17, 15) is 14.7 Å². The van der Waals surface area contributed by atoms with E-state index in [0.717, 1.165) is 51.4 Å². The lowest BCUT2D eigenvalue weighted by Crippen LogP contribution is -2.58. The second-order valence-corrected chi connectivity index (χ2v) is 14.8. The molecule has 1 N–H and O–H groups in total. The number of allylic oxidation sites excluding steroid dienone is 4. The van der Waals surface area contributed by atoms with Crippen molar-refractivity contribution in [3.63, 3.8) is 0 Å². The number of hydrogen-bond acceptors (Lipinski definition) is 3. The number of carbonyl (C=O) groups excluding carboxylic acids is 2. The number of unbranched alkanes of at least 4 members (excludes halogenated alkanes) is 22. The zero-order valence-corrected chi connectivity index (χ0v) is 31.0. The number of nitrogens with zero attached hydrogens (tertiary/aromatic N) is 1. The van der Waals surface area contributed by atoms with Gasteiger partial charge in [-0.05, 0) is 64.2 Å². The van der Waals surface area contributed by atoms with Crippen molar-refractivity contribution in [2.45, 2.75) is 199 Å². The first kappa shape index (κ1) is 43.7. The van der Waals surface area contributed by atoms with E-state index in [0.29, 0.717) is 17.3 Å². The number of likely N-dealkylation sites (N-methyl/N-ethyl adjacent to an activating group) is 1. The van der Waals surface area contributed by atoms with Crippen LogP contribution in [0.2, 0.25) is 0 Å². The SMILES string of the molecule is CCCCCCCC/C=C\CCCCCCCC(=O)C(O)(C[N+](C)(C)C)C(=O)CCCCCCC/C=C\CCCCCCCC. The third kappa shape index (κ3) is 27.6. The zero-order valence-electron chi connectivity index (χ0n) is 31.0. The summed E-state index contributed by atoms with van der Waals surface area (Å²) >= 11 is 0. The Balaban J connectivity index is 4.12. The summed E-state index contributed by atoms with van der Waals surface area (Å²) in [5, 5.41) is 11.4. The number of hydrogen-bond donors (Lipinski definition) is 1. The number of quaternary nitrogens is 1. The summed E-state index contributed by atoms with van der Waals surface area (Å²) in [6, 6.07) is 0. The van der Waals surface area contributed by atoms with Gasteiger partial charge in [0.15, 0.2) is 11.6 Å². The molecule has 45 heavy (non-hydrogen) atoms. The Morgan fingerprint density at radius 3 is 1.02 bits per heavy atom. The van der Waals surface area contributed by atoms with E-state index in [1.807, 2.05) is 21.1 Å². The first-order valence-corrected chi connectivity index (χ1v) is 19.6. The first-order valence-electron chi connectivity index (χ1n) is 19.6. The fourth-order valence-corrected chi connectivity index (χ4v) is 6.14. The predicted molar refractivity (Wildman–Crippen MR) is 197 cm³/mol. The Kier molecular flexibility index (Phi) is 29.3. The van der Waals surface area contributed by atoms with Gasteiger partial charge in [0, 0.05) is 12.8 Å². The van der Waals surface area contributed by atoms with Crippen molar-refractivity contribution >= 4 is 11.6 Å². The molecule has 0 spiro atoms. The normalized spacial score (nSPS) is 12.6. The Morgan fingerprint density at radius 2 is 0.733 bits per heavy atom. The minimum atomic E-state index is -1.85. The third-order valence-corrected chi connectivity index (χ3v) is 8.96. The number of Topliss-reactive ketones (excluding diaryl/α,β-unsaturated/α-hetero) is 2. The van der Waals surface area contributed by atoms with Crippen LogP contribution in [0.4, 0.5) is 0 Å². The van der Waals surface area contributed by atoms with Gasteiger partial charge in [0.05, 0.1) is 21.1 Å². The lowest BCUT2D eigenvalue weighted by Gasteiger charge is -2.33. The molecule has 0 aromatic heterocycles. The van der Waals surface area contributed by atoms with Crippen molar-refractivity contribution < 1.29 is 19.2 Å². The average Bonchev–Trinajstić information content (AvgIpc) is 2.99. The number of ketones is 2. The van der Waals surface area contributed by atoms with Crippen LogP contribution in [0.15, 0.2) is 24.3 Å². The van der Waals surface area contributed by atoms with Crippen LogP contribution >= 0.6 is 0 Å². The molecular weight excluding hydrogens is 554 g/mol. The van der Waals surface area contributed by atoms with Crippen LogP contribution in [-0.4, -0.2) is 54.4 Å². The molecule has 0 fully saturated rings. The van der Waals surface area contributed by atoms with Crippen molar-refractivity contribution in [2.24, 2.45) is 0 Å². The number of rotatable bonds is 34. The molecule has 0 aliphatic heterocycles. The Bertz CT molecular complexity index is 696. The van der Waals surface area contributed by atoms with E-state index >= 15 is 0 Å². The topological polar surface area (TPSA) is 54.4 Å². The van der Waals surface area contributed by atoms with Crippen LogP contribution in [0.25, 0.3) is 0 Å². The van der Waals surface area contributed by atoms with Gasteiger partial charge in [-0.15, -0.1) is 0 Å². The van der Waals surface area contributed by atoms with E-state index in [1.54, 1.807) is 0 Å². The average molecular weight is 633 g/mol. The maximum absolute atomic E-state index is 13.2. The van der Waals surface area contributed by atoms with Gasteiger partial charge in [-0.3, -0.25) is 9.59 Å². The highest BCUT2D eigenvalue weighted by atomic mass is 16.3. The first-order chi connectivity index (χ1) is 21.7. The quantitative estimate of drug-likeness (QED) is 0.0332. The highest BCUT2D eigenvalue weighted by Gasteiger charge is 2.46. The zero-order chi connectivity index (χ0) is 33.5. The minimum absolute atomic E-state index is 0.154. The van der Waals surface area contributed by atoms with Crippen LogP contribution in [0.3, 0.4) is 0 Å². The summed E-state index contributed by atoms with van der Waals surface area (Å²) in [5.41, 5.74) is -1.85. The minimum Gasteiger partial charge on any atom is -0.370 e. The van der Waals surface area contributed by atoms with Crippen LogP contribution in [0.5, 0.6) is 0 Å². The fraction of sp³-hybridized carbons (Fsp3) is 0.854. The van der Waals surface area contributed by atoms with Gasteiger partial charge in [0.25, 0.3) is 0 Å². The van der Waals surface area contributed by atoms with E-state index in [4.69, 9.17) is 0 Å². The van der Waals surface area contributed by atoms with Crippen molar-refractivity contribution in [1.82, 2.24) is 0 Å². The van der Waals surface area contributed by atoms with Crippen LogP contribution in [-0.2, 0) is 9.59 Å². The summed E-state index contributed by atoms with van der Waals surface area (Å²) < 4.78 is 0.396. The summed E-state index contributed by atoms with van der Waals surface area (Å²) in [6.07, 6.45) is 41.3. The molecule has 0 heterocycles. The second kappa shape index (κ2) is 30.1. The van der Waals surface area contributed by atoms with Crippen molar-refractivity contribution in [2.75, 3.05) is 27.7 Å². The molecular formula is C41H78NO3+. The monoisotopic (exact) mass is 633 g/mol. The molecule has 0 bridgehead atoms. The van der Waals surface area contributed by atoms with Crippen molar-refractivity contribution in [3.8, 4) is 0 Å². The highest BCUT2D eigenvalue weighted by molar-refractivity contribution is 6.10. The standard InChI is InChI=1S/C41H78NO3/c1-6-8-10-12-14-16-18-20-22-24-26-28-30-32-34-36-39(43)41(45,38-42(3,4)5)40(44)37-35-33-31-29-27-25-23-21-19-17-15-13-11-9-7-2/h20-23,45H,6-19,24-38H2,1-5H3/q+1/b22-20-,23-21-. The number of aliphatic hydroxyl groups is 1. The van der Waals surface area contributed by atoms with Crippen molar-refractivity contribution in [1.29, 1.82) is 0 Å². The molecule has 4 nitrogen and oxygen atoms in total. The van der Waals surface area contributed by atoms with Gasteiger partial charge in [-0.1, -0.05) is 141 Å². The molecule has 0 rings (SSSR count). The predicted octanol–water partition coefficient (Wildman–Crippen LogP) is 11.6. The van der Waals surface area contributed by atoms with E-state index in [-0.39, 0.29) is 18.1 Å². The smallest absolute Gasteiger partial charge is 0.230 e. The molecule has 0 aliphatic rings. The van der Waals surface area contributed by atoms with Gasteiger partial charge in [0.2, 0.25) is 5.60 Å².